The van der Waals surface area contributed by atoms with Crippen molar-refractivity contribution < 1.29 is 9.53 Å². The largest absolute Gasteiger partial charge is 0.469 e. The van der Waals surface area contributed by atoms with Gasteiger partial charge in [0.2, 0.25) is 0 Å². The van der Waals surface area contributed by atoms with Gasteiger partial charge in [-0.05, 0) is 20.0 Å². The van der Waals surface area contributed by atoms with E-state index in [0.29, 0.717) is 13.0 Å². The van der Waals surface area contributed by atoms with Gasteiger partial charge in [-0.3, -0.25) is 9.69 Å². The van der Waals surface area contributed by atoms with E-state index in [2.05, 4.69) is 4.74 Å². The van der Waals surface area contributed by atoms with Crippen LogP contribution in [0.3, 0.4) is 0 Å². The molecule has 0 spiro atoms. The van der Waals surface area contributed by atoms with Crippen molar-refractivity contribution in [1.29, 1.82) is 5.26 Å². The van der Waals surface area contributed by atoms with E-state index in [1.807, 2.05) is 18.0 Å². The van der Waals surface area contributed by atoms with Crippen LogP contribution in [0.1, 0.15) is 12.8 Å². The molecule has 0 unspecified atom stereocenters. The minimum atomic E-state index is -0.194. The number of carbonyl (C=O) groups is 1. The fourth-order valence-electron chi connectivity index (χ4n) is 0.795. The summed E-state index contributed by atoms with van der Waals surface area (Å²) in [6.45, 7) is 1.16. The summed E-state index contributed by atoms with van der Waals surface area (Å²) in [5, 5.41) is 8.31. The van der Waals surface area contributed by atoms with Crippen molar-refractivity contribution in [2.24, 2.45) is 0 Å². The molecular weight excluding hydrogens is 156 g/mol. The first-order chi connectivity index (χ1) is 5.70. The average molecular weight is 170 g/mol. The lowest BCUT2D eigenvalue weighted by atomic mass is 10.3. The maximum atomic E-state index is 10.6. The van der Waals surface area contributed by atoms with Gasteiger partial charge in [-0.25, -0.2) is 0 Å². The molecule has 0 aliphatic carbocycles. The van der Waals surface area contributed by atoms with Crippen LogP contribution < -0.4 is 0 Å². The second kappa shape index (κ2) is 6.62. The highest BCUT2D eigenvalue weighted by atomic mass is 16.5. The monoisotopic (exact) mass is 170 g/mol. The Kier molecular flexibility index (Phi) is 6.02. The molecule has 0 bridgehead atoms. The molecule has 12 heavy (non-hydrogen) atoms. The average Bonchev–Trinajstić information content (AvgIpc) is 2.04. The molecule has 0 aromatic heterocycles. The lowest BCUT2D eigenvalue weighted by Gasteiger charge is -2.10. The molecule has 0 atom stereocenters. The quantitative estimate of drug-likeness (QED) is 0.442. The molecule has 0 fully saturated rings. The van der Waals surface area contributed by atoms with E-state index in [0.717, 1.165) is 13.0 Å². The number of nitrogens with zero attached hydrogens (tertiary/aromatic N) is 2. The number of esters is 1. The summed E-state index contributed by atoms with van der Waals surface area (Å²) in [6.07, 6.45) is 1.16. The molecule has 68 valence electrons. The summed E-state index contributed by atoms with van der Waals surface area (Å²) in [4.78, 5) is 12.5. The summed E-state index contributed by atoms with van der Waals surface area (Å²) < 4.78 is 4.47. The van der Waals surface area contributed by atoms with E-state index in [1.54, 1.807) is 0 Å². The first-order valence-corrected chi connectivity index (χ1v) is 3.83. The molecular formula is C8H14N2O2. The smallest absolute Gasteiger partial charge is 0.305 e. The van der Waals surface area contributed by atoms with Gasteiger partial charge in [0.25, 0.3) is 0 Å². The maximum Gasteiger partial charge on any atom is 0.305 e. The zero-order chi connectivity index (χ0) is 9.40. The third-order valence-electron chi connectivity index (χ3n) is 1.49. The first-order valence-electron chi connectivity index (χ1n) is 3.83. The van der Waals surface area contributed by atoms with Crippen LogP contribution in [0, 0.1) is 11.3 Å². The molecule has 0 amide bonds. The van der Waals surface area contributed by atoms with Gasteiger partial charge in [0.15, 0.2) is 0 Å². The zero-order valence-electron chi connectivity index (χ0n) is 7.54. The van der Waals surface area contributed by atoms with Crippen LogP contribution in [-0.2, 0) is 9.53 Å². The summed E-state index contributed by atoms with van der Waals surface area (Å²) in [7, 11) is 3.22. The molecule has 4 heteroatoms. The number of methoxy groups -OCH3 is 1. The Morgan fingerprint density at radius 3 is 2.83 bits per heavy atom. The molecule has 0 heterocycles. The predicted octanol–water partition coefficient (Wildman–Crippen LogP) is 0.395. The van der Waals surface area contributed by atoms with Crippen molar-refractivity contribution in [3.8, 4) is 6.07 Å². The highest BCUT2D eigenvalue weighted by Gasteiger charge is 2.01. The van der Waals surface area contributed by atoms with E-state index in [-0.39, 0.29) is 5.97 Å². The Morgan fingerprint density at radius 2 is 2.33 bits per heavy atom. The fraction of sp³-hybridized carbons (Fsp3) is 0.750. The minimum absolute atomic E-state index is 0.194. The third kappa shape index (κ3) is 5.69. The number of hydrogen-bond acceptors (Lipinski definition) is 4. The molecule has 0 radical (unpaired) electrons. The van der Waals surface area contributed by atoms with Crippen molar-refractivity contribution in [1.82, 2.24) is 4.90 Å². The third-order valence-corrected chi connectivity index (χ3v) is 1.49. The molecule has 4 nitrogen and oxygen atoms in total. The van der Waals surface area contributed by atoms with Gasteiger partial charge in [0.05, 0.1) is 19.7 Å². The lowest BCUT2D eigenvalue weighted by molar-refractivity contribution is -0.140. The van der Waals surface area contributed by atoms with Gasteiger partial charge in [-0.2, -0.15) is 5.26 Å². The highest BCUT2D eigenvalue weighted by molar-refractivity contribution is 5.69. The van der Waals surface area contributed by atoms with Crippen molar-refractivity contribution >= 4 is 5.97 Å². The number of rotatable bonds is 5. The van der Waals surface area contributed by atoms with Crippen molar-refractivity contribution in [3.63, 3.8) is 0 Å². The van der Waals surface area contributed by atoms with Crippen molar-refractivity contribution in [3.05, 3.63) is 0 Å². The van der Waals surface area contributed by atoms with E-state index in [1.165, 1.54) is 7.11 Å². The highest BCUT2D eigenvalue weighted by Crippen LogP contribution is 1.93. The Balaban J connectivity index is 3.31. The van der Waals surface area contributed by atoms with Crippen LogP contribution in [0.5, 0.6) is 0 Å². The zero-order valence-corrected chi connectivity index (χ0v) is 7.54. The summed E-state index contributed by atoms with van der Waals surface area (Å²) in [5.41, 5.74) is 0. The SMILES string of the molecule is COC(=O)CCCN(C)CC#N. The molecule has 0 saturated carbocycles. The van der Waals surface area contributed by atoms with Crippen LogP contribution in [-0.4, -0.2) is 38.1 Å². The van der Waals surface area contributed by atoms with Gasteiger partial charge >= 0.3 is 5.97 Å². The standard InChI is InChI=1S/C8H14N2O2/c1-10(7-5-9)6-3-4-8(11)12-2/h3-4,6-7H2,1-2H3. The van der Waals surface area contributed by atoms with E-state index < -0.39 is 0 Å². The predicted molar refractivity (Wildman–Crippen MR) is 44.4 cm³/mol. The molecule has 0 rings (SSSR count). The van der Waals surface area contributed by atoms with Gasteiger partial charge in [-0.1, -0.05) is 0 Å². The van der Waals surface area contributed by atoms with E-state index in [4.69, 9.17) is 5.26 Å². The Morgan fingerprint density at radius 1 is 1.67 bits per heavy atom. The second-order valence-electron chi connectivity index (χ2n) is 2.58. The summed E-state index contributed by atoms with van der Waals surface area (Å²) >= 11 is 0. The van der Waals surface area contributed by atoms with Crippen molar-refractivity contribution in [2.45, 2.75) is 12.8 Å². The molecule has 0 aliphatic heterocycles. The Hall–Kier alpha value is -1.08. The molecule has 0 aromatic carbocycles. The maximum absolute atomic E-state index is 10.6. The normalized spacial score (nSPS) is 9.50. The van der Waals surface area contributed by atoms with Crippen molar-refractivity contribution in [2.75, 3.05) is 27.2 Å². The lowest BCUT2D eigenvalue weighted by Crippen LogP contribution is -2.20. The van der Waals surface area contributed by atoms with Crippen LogP contribution in [0.15, 0.2) is 0 Å². The van der Waals surface area contributed by atoms with Gasteiger partial charge in [0, 0.05) is 6.42 Å². The molecule has 0 N–H and O–H groups in total. The Bertz CT molecular complexity index is 174. The number of ether oxygens (including phenoxy) is 1. The molecule has 0 aliphatic rings. The van der Waals surface area contributed by atoms with Gasteiger partial charge in [0.1, 0.15) is 0 Å². The molecule has 0 saturated heterocycles. The molecule has 0 aromatic rings. The summed E-state index contributed by atoms with van der Waals surface area (Å²) in [5.74, 6) is -0.194. The number of carbonyl (C=O) groups excluding carboxylic acids is 1. The first kappa shape index (κ1) is 10.9. The minimum Gasteiger partial charge on any atom is -0.469 e. The van der Waals surface area contributed by atoms with Crippen LogP contribution in [0.4, 0.5) is 0 Å². The topological polar surface area (TPSA) is 53.3 Å². The summed E-state index contributed by atoms with van der Waals surface area (Å²) in [6, 6.07) is 2.03. The van der Waals surface area contributed by atoms with E-state index >= 15 is 0 Å². The van der Waals surface area contributed by atoms with E-state index in [9.17, 15) is 4.79 Å². The fourth-order valence-corrected chi connectivity index (χ4v) is 0.795. The number of nitriles is 1. The van der Waals surface area contributed by atoms with Crippen LogP contribution in [0.2, 0.25) is 0 Å². The second-order valence-corrected chi connectivity index (χ2v) is 2.58. The number of hydrogen-bond donors (Lipinski definition) is 0. The van der Waals surface area contributed by atoms with Crippen LogP contribution in [0.25, 0.3) is 0 Å². The van der Waals surface area contributed by atoms with Gasteiger partial charge in [-0.15, -0.1) is 0 Å². The van der Waals surface area contributed by atoms with Gasteiger partial charge < -0.3 is 4.74 Å². The Labute approximate surface area is 72.7 Å². The van der Waals surface area contributed by atoms with Crippen LogP contribution >= 0.6 is 0 Å².